The van der Waals surface area contributed by atoms with Gasteiger partial charge in [-0.05, 0) is 24.6 Å². The average molecular weight is 272 g/mol. The lowest BCUT2D eigenvalue weighted by Gasteiger charge is -2.28. The molecule has 0 bridgehead atoms. The number of carboxylic acids is 1. The summed E-state index contributed by atoms with van der Waals surface area (Å²) in [6.45, 7) is 11.4. The molecule has 1 unspecified atom stereocenters. The van der Waals surface area contributed by atoms with E-state index in [-0.39, 0.29) is 5.57 Å². The van der Waals surface area contributed by atoms with Crippen LogP contribution in [-0.4, -0.2) is 25.4 Å². The Kier molecular flexibility index (Phi) is 6.91. The van der Waals surface area contributed by atoms with Gasteiger partial charge in [-0.3, -0.25) is 4.79 Å². The molecule has 0 rings (SSSR count). The van der Waals surface area contributed by atoms with Crippen LogP contribution in [0.5, 0.6) is 0 Å². The third kappa shape index (κ3) is 3.98. The molecule has 0 aromatic rings. The predicted molar refractivity (Wildman–Crippen MR) is 73.8 cm³/mol. The lowest BCUT2D eigenvalue weighted by Crippen LogP contribution is -2.39. The quantitative estimate of drug-likeness (QED) is 0.544. The predicted octanol–water partition coefficient (Wildman–Crippen LogP) is 3.20. The highest BCUT2D eigenvalue weighted by molar-refractivity contribution is 6.75. The largest absolute Gasteiger partial charge is 0.516 e. The van der Waals surface area contributed by atoms with Crippen molar-refractivity contribution in [2.24, 2.45) is 5.92 Å². The molecule has 1 N–H and O–H groups in total. The van der Waals surface area contributed by atoms with E-state index in [2.05, 4.69) is 6.58 Å². The highest BCUT2D eigenvalue weighted by Crippen LogP contribution is 2.25. The average Bonchev–Trinajstić information content (AvgIpc) is 2.36. The number of hydrogen-bond donors (Lipinski definition) is 1. The molecule has 0 spiro atoms. The molecule has 0 amide bonds. The summed E-state index contributed by atoms with van der Waals surface area (Å²) in [6, 6.07) is 2.55. The van der Waals surface area contributed by atoms with Crippen molar-refractivity contribution in [2.45, 2.75) is 52.2 Å². The zero-order valence-corrected chi connectivity index (χ0v) is 12.8. The fraction of sp³-hybridized carbons (Fsp3) is 0.692. The van der Waals surface area contributed by atoms with Gasteiger partial charge in [0, 0.05) is 5.57 Å². The minimum absolute atomic E-state index is 0.0669. The van der Waals surface area contributed by atoms with Crippen LogP contribution >= 0.6 is 0 Å². The van der Waals surface area contributed by atoms with Gasteiger partial charge in [0.25, 0.3) is 8.32 Å². The van der Waals surface area contributed by atoms with Crippen LogP contribution in [0, 0.1) is 5.92 Å². The van der Waals surface area contributed by atoms with E-state index in [0.29, 0.717) is 6.42 Å². The van der Waals surface area contributed by atoms with Crippen molar-refractivity contribution in [1.82, 2.24) is 0 Å². The first-order chi connectivity index (χ1) is 8.37. The van der Waals surface area contributed by atoms with Gasteiger partial charge in [0.05, 0.1) is 5.92 Å². The van der Waals surface area contributed by atoms with Crippen LogP contribution < -0.4 is 0 Å². The lowest BCUT2D eigenvalue weighted by atomic mass is 9.98. The Balaban J connectivity index is 4.85. The SMILES string of the molecule is C=C(C(=O)O[Si](CC)(CC)CC)C(CC)C(=O)O. The molecule has 1 atom stereocenters. The van der Waals surface area contributed by atoms with Crippen molar-refractivity contribution in [3.8, 4) is 0 Å². The minimum atomic E-state index is -2.04. The van der Waals surface area contributed by atoms with E-state index < -0.39 is 26.2 Å². The molecular weight excluding hydrogens is 248 g/mol. The molecule has 5 heteroatoms. The number of rotatable bonds is 8. The summed E-state index contributed by atoms with van der Waals surface area (Å²) in [5.74, 6) is -2.38. The first-order valence-corrected chi connectivity index (χ1v) is 9.05. The second-order valence-electron chi connectivity index (χ2n) is 4.46. The van der Waals surface area contributed by atoms with Gasteiger partial charge in [0.2, 0.25) is 0 Å². The Hall–Kier alpha value is -1.10. The molecule has 0 radical (unpaired) electrons. The highest BCUT2D eigenvalue weighted by Gasteiger charge is 2.35. The van der Waals surface area contributed by atoms with Crippen molar-refractivity contribution >= 4 is 20.3 Å². The molecule has 4 nitrogen and oxygen atoms in total. The maximum atomic E-state index is 12.0. The fourth-order valence-corrected chi connectivity index (χ4v) is 4.40. The highest BCUT2D eigenvalue weighted by atomic mass is 28.4. The van der Waals surface area contributed by atoms with E-state index in [1.807, 2.05) is 20.8 Å². The zero-order chi connectivity index (χ0) is 14.3. The van der Waals surface area contributed by atoms with Crippen LogP contribution in [-0.2, 0) is 14.0 Å². The van der Waals surface area contributed by atoms with Gasteiger partial charge in [-0.15, -0.1) is 0 Å². The second kappa shape index (κ2) is 7.36. The summed E-state index contributed by atoms with van der Waals surface area (Å²) in [5.41, 5.74) is 0.0669. The molecule has 0 aliphatic heterocycles. The Bertz CT molecular complexity index is 313. The molecule has 0 aliphatic carbocycles. The molecule has 0 saturated heterocycles. The van der Waals surface area contributed by atoms with E-state index >= 15 is 0 Å². The zero-order valence-electron chi connectivity index (χ0n) is 11.8. The number of carbonyl (C=O) groups excluding carboxylic acids is 1. The van der Waals surface area contributed by atoms with E-state index in [1.165, 1.54) is 0 Å². The van der Waals surface area contributed by atoms with Gasteiger partial charge >= 0.3 is 11.9 Å². The number of hydrogen-bond acceptors (Lipinski definition) is 3. The second-order valence-corrected chi connectivity index (χ2v) is 9.15. The molecule has 18 heavy (non-hydrogen) atoms. The van der Waals surface area contributed by atoms with Gasteiger partial charge in [0.15, 0.2) is 0 Å². The van der Waals surface area contributed by atoms with Gasteiger partial charge in [-0.25, -0.2) is 4.79 Å². The molecule has 0 aliphatic rings. The van der Waals surface area contributed by atoms with Crippen LogP contribution in [0.15, 0.2) is 12.2 Å². The van der Waals surface area contributed by atoms with E-state index in [0.717, 1.165) is 18.1 Å². The van der Waals surface area contributed by atoms with Gasteiger partial charge in [0.1, 0.15) is 0 Å². The molecule has 0 saturated carbocycles. The lowest BCUT2D eigenvalue weighted by molar-refractivity contribution is -0.143. The molecule has 0 heterocycles. The Morgan fingerprint density at radius 1 is 1.17 bits per heavy atom. The summed E-state index contributed by atoms with van der Waals surface area (Å²) >= 11 is 0. The summed E-state index contributed by atoms with van der Waals surface area (Å²) < 4.78 is 5.62. The van der Waals surface area contributed by atoms with E-state index in [1.54, 1.807) is 6.92 Å². The van der Waals surface area contributed by atoms with Crippen LogP contribution in [0.25, 0.3) is 0 Å². The van der Waals surface area contributed by atoms with Crippen LogP contribution in [0.2, 0.25) is 18.1 Å². The minimum Gasteiger partial charge on any atom is -0.516 e. The molecule has 0 aromatic heterocycles. The van der Waals surface area contributed by atoms with Gasteiger partial charge in [-0.1, -0.05) is 34.3 Å². The van der Waals surface area contributed by atoms with Crippen LogP contribution in [0.3, 0.4) is 0 Å². The maximum absolute atomic E-state index is 12.0. The molecule has 0 fully saturated rings. The Morgan fingerprint density at radius 3 is 1.89 bits per heavy atom. The maximum Gasteiger partial charge on any atom is 0.320 e. The molecule has 104 valence electrons. The van der Waals surface area contributed by atoms with Crippen molar-refractivity contribution < 1.29 is 19.1 Å². The molecule has 0 aromatic carbocycles. The first kappa shape index (κ1) is 16.9. The number of carboxylic acid groups (broad SMARTS) is 1. The standard InChI is InChI=1S/C13H24O4Si/c1-6-11(12(14)15)10(5)13(16)17-18(7-2,8-3)9-4/h11H,5-9H2,1-4H3,(H,14,15). The normalized spacial score (nSPS) is 12.9. The van der Waals surface area contributed by atoms with Crippen molar-refractivity contribution in [3.63, 3.8) is 0 Å². The smallest absolute Gasteiger partial charge is 0.320 e. The van der Waals surface area contributed by atoms with Gasteiger partial charge < -0.3 is 9.53 Å². The van der Waals surface area contributed by atoms with Crippen molar-refractivity contribution in [2.75, 3.05) is 0 Å². The number of carbonyl (C=O) groups is 2. The van der Waals surface area contributed by atoms with Crippen LogP contribution in [0.4, 0.5) is 0 Å². The number of aliphatic carboxylic acids is 1. The Morgan fingerprint density at radius 2 is 1.61 bits per heavy atom. The van der Waals surface area contributed by atoms with Crippen LogP contribution in [0.1, 0.15) is 34.1 Å². The third-order valence-electron chi connectivity index (χ3n) is 3.63. The summed E-state index contributed by atoms with van der Waals surface area (Å²) in [6.07, 6.45) is 0.349. The molecular formula is C13H24O4Si. The summed E-state index contributed by atoms with van der Waals surface area (Å²) in [5, 5.41) is 9.01. The Labute approximate surface area is 110 Å². The third-order valence-corrected chi connectivity index (χ3v) is 8.12. The topological polar surface area (TPSA) is 63.6 Å². The summed E-state index contributed by atoms with van der Waals surface area (Å²) in [4.78, 5) is 23.0. The van der Waals surface area contributed by atoms with E-state index in [4.69, 9.17) is 9.53 Å². The van der Waals surface area contributed by atoms with E-state index in [9.17, 15) is 9.59 Å². The summed E-state index contributed by atoms with van der Waals surface area (Å²) in [7, 11) is -2.04. The van der Waals surface area contributed by atoms with Gasteiger partial charge in [-0.2, -0.15) is 0 Å². The first-order valence-electron chi connectivity index (χ1n) is 6.52. The van der Waals surface area contributed by atoms with Crippen molar-refractivity contribution in [3.05, 3.63) is 12.2 Å². The fourth-order valence-electron chi connectivity index (χ4n) is 1.94. The monoisotopic (exact) mass is 272 g/mol. The van der Waals surface area contributed by atoms with Crippen molar-refractivity contribution in [1.29, 1.82) is 0 Å².